The molecule has 0 fully saturated rings. The number of halogens is 1. The van der Waals surface area contributed by atoms with E-state index in [-0.39, 0.29) is 5.78 Å². The molecule has 5 heteroatoms. The van der Waals surface area contributed by atoms with Crippen molar-refractivity contribution in [1.82, 2.24) is 15.0 Å². The largest absolute Gasteiger partial charge is 0.292 e. The Labute approximate surface area is 117 Å². The number of nitrogens with zero attached hydrogens (tertiary/aromatic N) is 3. The lowest BCUT2D eigenvalue weighted by molar-refractivity contribution is 0.0982. The molecule has 0 atom stereocenters. The molecule has 0 aliphatic heterocycles. The lowest BCUT2D eigenvalue weighted by Crippen LogP contribution is -2.06. The summed E-state index contributed by atoms with van der Waals surface area (Å²) in [7, 11) is 0. The zero-order chi connectivity index (χ0) is 14.0. The van der Waals surface area contributed by atoms with Crippen LogP contribution in [0.3, 0.4) is 0 Å². The third-order valence-electron chi connectivity index (χ3n) is 3.08. The van der Waals surface area contributed by atoms with Crippen LogP contribution in [0, 0.1) is 6.92 Å². The average Bonchev–Trinajstić information content (AvgIpc) is 2.84. The van der Waals surface area contributed by atoms with Crippen LogP contribution in [0.5, 0.6) is 0 Å². The van der Waals surface area contributed by atoms with Gasteiger partial charge in [0.1, 0.15) is 0 Å². The summed E-state index contributed by atoms with van der Waals surface area (Å²) in [4.78, 5) is 11.8. The lowest BCUT2D eigenvalue weighted by Gasteiger charge is -2.07. The Kier molecular flexibility index (Phi) is 4.00. The number of hydrogen-bond acceptors (Lipinski definition) is 3. The fraction of sp³-hybridized carbons (Fsp3) is 0.357. The van der Waals surface area contributed by atoms with Gasteiger partial charge in [-0.2, -0.15) is 0 Å². The Hall–Kier alpha value is -1.68. The first-order chi connectivity index (χ1) is 9.08. The molecule has 0 amide bonds. The maximum atomic E-state index is 11.8. The molecule has 1 aromatic carbocycles. The smallest absolute Gasteiger partial charge is 0.184 e. The molecule has 2 rings (SSSR count). The molecular weight excluding hydrogens is 262 g/mol. The summed E-state index contributed by atoms with van der Waals surface area (Å²) >= 11 is 6.13. The van der Waals surface area contributed by atoms with Crippen molar-refractivity contribution < 1.29 is 4.79 Å². The van der Waals surface area contributed by atoms with E-state index in [1.807, 2.05) is 39.0 Å². The average molecular weight is 278 g/mol. The number of aryl methyl sites for hydroxylation is 1. The lowest BCUT2D eigenvalue weighted by atomic mass is 10.1. The van der Waals surface area contributed by atoms with Gasteiger partial charge in [-0.05, 0) is 31.0 Å². The number of carbonyl (C=O) groups excluding carboxylic acids is 1. The third-order valence-corrected chi connectivity index (χ3v) is 3.49. The van der Waals surface area contributed by atoms with Crippen molar-refractivity contribution in [3.05, 3.63) is 40.2 Å². The minimum atomic E-state index is 0.0151. The van der Waals surface area contributed by atoms with Crippen LogP contribution < -0.4 is 0 Å². The molecule has 0 aliphatic carbocycles. The van der Waals surface area contributed by atoms with Crippen molar-refractivity contribution in [2.24, 2.45) is 0 Å². The Morgan fingerprint density at radius 2 is 2.11 bits per heavy atom. The monoisotopic (exact) mass is 277 g/mol. The van der Waals surface area contributed by atoms with Gasteiger partial charge in [-0.3, -0.25) is 4.79 Å². The molecular formula is C14H16ClN3O. The molecule has 0 bridgehead atoms. The van der Waals surface area contributed by atoms with E-state index in [0.717, 1.165) is 16.9 Å². The second-order valence-electron chi connectivity index (χ2n) is 4.36. The third kappa shape index (κ3) is 2.54. The maximum absolute atomic E-state index is 11.8. The normalized spacial score (nSPS) is 10.7. The van der Waals surface area contributed by atoms with Crippen molar-refractivity contribution in [3.8, 4) is 5.69 Å². The van der Waals surface area contributed by atoms with Crippen LogP contribution in [0.25, 0.3) is 5.69 Å². The van der Waals surface area contributed by atoms with Crippen LogP contribution in [0.4, 0.5) is 0 Å². The number of carbonyl (C=O) groups is 1. The van der Waals surface area contributed by atoms with Gasteiger partial charge in [-0.15, -0.1) is 5.10 Å². The van der Waals surface area contributed by atoms with E-state index in [1.165, 1.54) is 0 Å². The van der Waals surface area contributed by atoms with Gasteiger partial charge in [0.05, 0.1) is 11.4 Å². The highest BCUT2D eigenvalue weighted by atomic mass is 35.5. The molecule has 100 valence electrons. The number of ketones is 1. The van der Waals surface area contributed by atoms with Gasteiger partial charge in [0, 0.05) is 11.4 Å². The summed E-state index contributed by atoms with van der Waals surface area (Å²) in [6, 6.07) is 5.69. The zero-order valence-corrected chi connectivity index (χ0v) is 12.0. The second-order valence-corrected chi connectivity index (χ2v) is 4.77. The van der Waals surface area contributed by atoms with E-state index in [2.05, 4.69) is 10.3 Å². The highest BCUT2D eigenvalue weighted by Gasteiger charge is 2.17. The van der Waals surface area contributed by atoms with Crippen molar-refractivity contribution >= 4 is 17.4 Å². The minimum absolute atomic E-state index is 0.0151. The molecule has 0 spiro atoms. The van der Waals surface area contributed by atoms with E-state index < -0.39 is 0 Å². The second kappa shape index (κ2) is 5.53. The van der Waals surface area contributed by atoms with Crippen molar-refractivity contribution in [2.75, 3.05) is 0 Å². The fourth-order valence-corrected chi connectivity index (χ4v) is 2.10. The van der Waals surface area contributed by atoms with Gasteiger partial charge < -0.3 is 0 Å². The first kappa shape index (κ1) is 13.7. The summed E-state index contributed by atoms with van der Waals surface area (Å²) in [5.41, 5.74) is 3.12. The predicted octanol–water partition coefficient (Wildman–Crippen LogP) is 3.38. The first-order valence-electron chi connectivity index (χ1n) is 6.32. The fourth-order valence-electron chi connectivity index (χ4n) is 1.92. The zero-order valence-electron chi connectivity index (χ0n) is 11.3. The van der Waals surface area contributed by atoms with Gasteiger partial charge in [0.2, 0.25) is 0 Å². The van der Waals surface area contributed by atoms with Gasteiger partial charge in [-0.25, -0.2) is 4.68 Å². The van der Waals surface area contributed by atoms with Gasteiger partial charge in [0.15, 0.2) is 11.5 Å². The highest BCUT2D eigenvalue weighted by molar-refractivity contribution is 6.31. The first-order valence-corrected chi connectivity index (χ1v) is 6.70. The molecule has 0 saturated carbocycles. The molecule has 0 radical (unpaired) electrons. The predicted molar refractivity (Wildman–Crippen MR) is 75.1 cm³/mol. The van der Waals surface area contributed by atoms with Crippen molar-refractivity contribution in [2.45, 2.75) is 33.6 Å². The van der Waals surface area contributed by atoms with Gasteiger partial charge >= 0.3 is 0 Å². The summed E-state index contributed by atoms with van der Waals surface area (Å²) < 4.78 is 1.69. The number of hydrogen-bond donors (Lipinski definition) is 0. The van der Waals surface area contributed by atoms with Crippen LogP contribution in [0.2, 0.25) is 5.02 Å². The molecule has 19 heavy (non-hydrogen) atoms. The summed E-state index contributed by atoms with van der Waals surface area (Å²) in [6.07, 6.45) is 1.12. The summed E-state index contributed by atoms with van der Waals surface area (Å²) in [5.74, 6) is 0.0151. The number of Topliss-reactive ketones (excluding diaryl/α,β-unsaturated/α-hetero) is 1. The van der Waals surface area contributed by atoms with Crippen LogP contribution in [-0.4, -0.2) is 20.8 Å². The maximum Gasteiger partial charge on any atom is 0.184 e. The van der Waals surface area contributed by atoms with E-state index in [1.54, 1.807) is 4.68 Å². The quantitative estimate of drug-likeness (QED) is 0.805. The van der Waals surface area contributed by atoms with Crippen molar-refractivity contribution in [3.63, 3.8) is 0 Å². The van der Waals surface area contributed by atoms with E-state index in [9.17, 15) is 4.79 Å². The Balaban J connectivity index is 2.53. The van der Waals surface area contributed by atoms with Crippen LogP contribution in [0.15, 0.2) is 18.2 Å². The molecule has 0 saturated heterocycles. The number of aromatic nitrogens is 3. The number of rotatable bonds is 4. The molecule has 2 aromatic rings. The topological polar surface area (TPSA) is 47.8 Å². The van der Waals surface area contributed by atoms with Crippen LogP contribution in [0.1, 0.15) is 42.0 Å². The Morgan fingerprint density at radius 3 is 2.68 bits per heavy atom. The van der Waals surface area contributed by atoms with E-state index in [0.29, 0.717) is 23.6 Å². The molecule has 0 aliphatic rings. The molecule has 1 aromatic heterocycles. The van der Waals surface area contributed by atoms with Crippen molar-refractivity contribution in [1.29, 1.82) is 0 Å². The highest BCUT2D eigenvalue weighted by Crippen LogP contribution is 2.21. The standard InChI is InChI=1S/C14H16ClN3O/c1-4-12-14(13(19)5-2)16-17-18(12)10-7-6-9(3)11(15)8-10/h6-8H,4-5H2,1-3H3. The number of benzene rings is 1. The Morgan fingerprint density at radius 1 is 1.37 bits per heavy atom. The van der Waals surface area contributed by atoms with Crippen LogP contribution >= 0.6 is 11.6 Å². The molecule has 0 unspecified atom stereocenters. The van der Waals surface area contributed by atoms with E-state index >= 15 is 0 Å². The summed E-state index contributed by atoms with van der Waals surface area (Å²) in [5, 5.41) is 8.77. The Bertz CT molecular complexity index is 619. The molecule has 1 heterocycles. The van der Waals surface area contributed by atoms with E-state index in [4.69, 9.17) is 11.6 Å². The van der Waals surface area contributed by atoms with Gasteiger partial charge in [-0.1, -0.05) is 36.7 Å². The minimum Gasteiger partial charge on any atom is -0.292 e. The summed E-state index contributed by atoms with van der Waals surface area (Å²) in [6.45, 7) is 5.75. The van der Waals surface area contributed by atoms with Gasteiger partial charge in [0.25, 0.3) is 0 Å². The molecule has 4 nitrogen and oxygen atoms in total. The SMILES string of the molecule is CCC(=O)c1nnn(-c2ccc(C)c(Cl)c2)c1CC. The molecule has 0 N–H and O–H groups in total. The van der Waals surface area contributed by atoms with Crippen LogP contribution in [-0.2, 0) is 6.42 Å².